The van der Waals surface area contributed by atoms with Crippen LogP contribution in [0.5, 0.6) is 5.75 Å². The minimum absolute atomic E-state index is 0.303. The molecular formula is C25H28N4O4. The van der Waals surface area contributed by atoms with Crippen LogP contribution in [0.15, 0.2) is 54.6 Å². The number of piperidine rings is 1. The second kappa shape index (κ2) is 9.97. The van der Waals surface area contributed by atoms with Crippen molar-refractivity contribution in [1.29, 1.82) is 0 Å². The normalized spacial score (nSPS) is 18.0. The smallest absolute Gasteiger partial charge is 0.250 e. The van der Waals surface area contributed by atoms with Gasteiger partial charge in [0.1, 0.15) is 12.4 Å². The van der Waals surface area contributed by atoms with Gasteiger partial charge in [0, 0.05) is 29.4 Å². The zero-order chi connectivity index (χ0) is 23.4. The fourth-order valence-corrected chi connectivity index (χ4v) is 4.20. The maximum atomic E-state index is 12.8. The molecule has 0 spiro atoms. The summed E-state index contributed by atoms with van der Waals surface area (Å²) in [5.74, 6) is -0.695. The molecule has 8 nitrogen and oxygen atoms in total. The summed E-state index contributed by atoms with van der Waals surface area (Å²) in [5.41, 5.74) is 3.54. The highest BCUT2D eigenvalue weighted by molar-refractivity contribution is 5.98. The van der Waals surface area contributed by atoms with Gasteiger partial charge in [-0.25, -0.2) is 5.06 Å². The first-order chi connectivity index (χ1) is 15.9. The van der Waals surface area contributed by atoms with Crippen molar-refractivity contribution in [3.63, 3.8) is 0 Å². The summed E-state index contributed by atoms with van der Waals surface area (Å²) >= 11 is 0. The molecule has 1 aliphatic rings. The summed E-state index contributed by atoms with van der Waals surface area (Å²) in [6.45, 7) is 3.01. The first-order valence-corrected chi connectivity index (χ1v) is 11.0. The van der Waals surface area contributed by atoms with Crippen molar-refractivity contribution in [3.8, 4) is 5.75 Å². The number of benzene rings is 2. The Morgan fingerprint density at radius 1 is 1.21 bits per heavy atom. The van der Waals surface area contributed by atoms with Gasteiger partial charge in [0.05, 0.1) is 17.5 Å². The summed E-state index contributed by atoms with van der Waals surface area (Å²) in [7, 11) is 1.28. The fraction of sp³-hybridized carbons (Fsp3) is 0.320. The van der Waals surface area contributed by atoms with Crippen molar-refractivity contribution in [2.75, 3.05) is 18.9 Å². The fourth-order valence-electron chi connectivity index (χ4n) is 4.20. The molecule has 172 valence electrons. The largest absolute Gasteiger partial charge is 0.489 e. The molecule has 1 fully saturated rings. The van der Waals surface area contributed by atoms with Crippen LogP contribution < -0.4 is 15.4 Å². The van der Waals surface area contributed by atoms with Crippen molar-refractivity contribution >= 4 is 28.4 Å². The Kier molecular flexibility index (Phi) is 6.86. The number of hydroxylamine groups is 2. The minimum Gasteiger partial charge on any atom is -0.489 e. The number of anilines is 1. The van der Waals surface area contributed by atoms with Crippen molar-refractivity contribution in [2.45, 2.75) is 32.4 Å². The number of rotatable bonds is 6. The number of para-hydroxylation sites is 1. The van der Waals surface area contributed by atoms with E-state index in [0.717, 1.165) is 28.6 Å². The van der Waals surface area contributed by atoms with E-state index in [0.29, 0.717) is 36.1 Å². The van der Waals surface area contributed by atoms with E-state index in [1.54, 1.807) is 24.3 Å². The topological polar surface area (TPSA) is 104 Å². The molecule has 33 heavy (non-hydrogen) atoms. The van der Waals surface area contributed by atoms with E-state index < -0.39 is 17.9 Å². The van der Waals surface area contributed by atoms with Crippen LogP contribution >= 0.6 is 0 Å². The summed E-state index contributed by atoms with van der Waals surface area (Å²) in [5, 5.41) is 17.1. The molecule has 0 radical (unpaired) electrons. The first kappa shape index (κ1) is 22.7. The molecule has 0 saturated carbocycles. The number of aryl methyl sites for hydroxylation is 1. The van der Waals surface area contributed by atoms with Crippen LogP contribution in [0.25, 0.3) is 10.9 Å². The highest BCUT2D eigenvalue weighted by Gasteiger charge is 2.37. The van der Waals surface area contributed by atoms with Crippen molar-refractivity contribution in [1.82, 2.24) is 15.4 Å². The Morgan fingerprint density at radius 3 is 2.73 bits per heavy atom. The highest BCUT2D eigenvalue weighted by Crippen LogP contribution is 2.23. The van der Waals surface area contributed by atoms with Gasteiger partial charge >= 0.3 is 0 Å². The quantitative estimate of drug-likeness (QED) is 0.395. The highest BCUT2D eigenvalue weighted by atomic mass is 16.5. The van der Waals surface area contributed by atoms with Crippen molar-refractivity contribution < 1.29 is 19.5 Å². The summed E-state index contributed by atoms with van der Waals surface area (Å²) in [6, 6.07) is 16.4. The van der Waals surface area contributed by atoms with Crippen molar-refractivity contribution in [3.05, 3.63) is 65.9 Å². The first-order valence-electron chi connectivity index (χ1n) is 11.0. The molecular weight excluding hydrogens is 420 g/mol. The van der Waals surface area contributed by atoms with Crippen LogP contribution in [-0.4, -0.2) is 46.7 Å². The Balaban J connectivity index is 1.40. The minimum atomic E-state index is -0.694. The lowest BCUT2D eigenvalue weighted by Gasteiger charge is -2.31. The van der Waals surface area contributed by atoms with Gasteiger partial charge in [-0.05, 0) is 62.7 Å². The predicted octanol–water partition coefficient (Wildman–Crippen LogP) is 3.28. The summed E-state index contributed by atoms with van der Waals surface area (Å²) in [6.07, 6.45) is 1.32. The van der Waals surface area contributed by atoms with Gasteiger partial charge in [-0.2, -0.15) is 0 Å². The molecule has 1 saturated heterocycles. The lowest BCUT2D eigenvalue weighted by Crippen LogP contribution is -2.54. The van der Waals surface area contributed by atoms with Crippen LogP contribution in [0, 0.1) is 12.8 Å². The van der Waals surface area contributed by atoms with E-state index in [2.05, 4.69) is 15.6 Å². The molecule has 2 aromatic carbocycles. The van der Waals surface area contributed by atoms with Crippen molar-refractivity contribution in [2.24, 2.45) is 5.92 Å². The second-order valence-electron chi connectivity index (χ2n) is 8.28. The molecule has 2 heterocycles. The van der Waals surface area contributed by atoms with Gasteiger partial charge in [-0.15, -0.1) is 0 Å². The molecule has 2 atom stereocenters. The molecule has 8 heteroatoms. The molecule has 4 rings (SSSR count). The number of aromatic nitrogens is 1. The molecule has 1 aromatic heterocycles. The maximum absolute atomic E-state index is 12.8. The van der Waals surface area contributed by atoms with Gasteiger partial charge < -0.3 is 15.4 Å². The van der Waals surface area contributed by atoms with E-state index in [1.165, 1.54) is 7.05 Å². The Bertz CT molecular complexity index is 1150. The number of nitrogens with one attached hydrogen (secondary N) is 2. The third-order valence-corrected chi connectivity index (χ3v) is 5.82. The van der Waals surface area contributed by atoms with Gasteiger partial charge in [0.15, 0.2) is 0 Å². The molecule has 0 unspecified atom stereocenters. The Labute approximate surface area is 192 Å². The number of pyridine rings is 1. The van der Waals surface area contributed by atoms with Gasteiger partial charge in [-0.3, -0.25) is 19.8 Å². The van der Waals surface area contributed by atoms with Crippen LogP contribution in [0.2, 0.25) is 0 Å². The van der Waals surface area contributed by atoms with Crippen LogP contribution in [0.3, 0.4) is 0 Å². The lowest BCUT2D eigenvalue weighted by atomic mass is 9.89. The number of amides is 2. The number of carbonyl (C=O) groups is 2. The third kappa shape index (κ3) is 5.30. The molecule has 2 amide bonds. The maximum Gasteiger partial charge on any atom is 0.250 e. The number of fused-ring (bicyclic) bond motifs is 1. The van der Waals surface area contributed by atoms with Crippen LogP contribution in [0.1, 0.15) is 24.1 Å². The van der Waals surface area contributed by atoms with Gasteiger partial charge in [0.2, 0.25) is 5.91 Å². The lowest BCUT2D eigenvalue weighted by molar-refractivity contribution is -0.166. The number of carbonyl (C=O) groups excluding carboxylic acids is 2. The van der Waals surface area contributed by atoms with E-state index >= 15 is 0 Å². The Morgan fingerprint density at radius 2 is 1.97 bits per heavy atom. The number of hydrogen-bond acceptors (Lipinski definition) is 6. The zero-order valence-electron chi connectivity index (χ0n) is 18.7. The molecule has 1 aliphatic heterocycles. The zero-order valence-corrected chi connectivity index (χ0v) is 18.7. The SMILES string of the molecule is Cc1cc(COc2ccc(NC(=O)[C@H]3NCCC[C@@H]3C(=O)N(C)O)cc2)c2ccccc2n1. The number of nitrogens with zero attached hydrogens (tertiary/aromatic N) is 2. The predicted molar refractivity (Wildman–Crippen MR) is 125 cm³/mol. The average molecular weight is 449 g/mol. The number of ether oxygens (including phenoxy) is 1. The van der Waals surface area contributed by atoms with E-state index in [1.807, 2.05) is 37.3 Å². The monoisotopic (exact) mass is 448 g/mol. The van der Waals surface area contributed by atoms with Crippen LogP contribution in [-0.2, 0) is 16.2 Å². The number of hydrogen-bond donors (Lipinski definition) is 3. The Hall–Kier alpha value is -3.49. The standard InChI is InChI=1S/C25H28N4O4/c1-16-14-17(20-6-3-4-8-22(20)27-16)15-33-19-11-9-18(10-12-19)28-24(30)23-21(7-5-13-26-23)25(31)29(2)32/h3-4,6,8-12,14,21,23,26,32H,5,7,13,15H2,1-2H3,(H,28,30)/t21-,23-/m0/s1. The molecule has 0 aliphatic carbocycles. The summed E-state index contributed by atoms with van der Waals surface area (Å²) < 4.78 is 5.98. The van der Waals surface area contributed by atoms with Gasteiger partial charge in [-0.1, -0.05) is 18.2 Å². The molecule has 0 bridgehead atoms. The molecule has 3 N–H and O–H groups in total. The van der Waals surface area contributed by atoms with Gasteiger partial charge in [0.25, 0.3) is 5.91 Å². The third-order valence-electron chi connectivity index (χ3n) is 5.82. The van der Waals surface area contributed by atoms with E-state index in [-0.39, 0.29) is 5.91 Å². The van der Waals surface area contributed by atoms with E-state index in [9.17, 15) is 14.8 Å². The summed E-state index contributed by atoms with van der Waals surface area (Å²) in [4.78, 5) is 29.6. The van der Waals surface area contributed by atoms with E-state index in [4.69, 9.17) is 4.74 Å². The second-order valence-corrected chi connectivity index (χ2v) is 8.28. The molecule has 3 aromatic rings. The average Bonchev–Trinajstić information content (AvgIpc) is 2.82. The van der Waals surface area contributed by atoms with Crippen LogP contribution in [0.4, 0.5) is 5.69 Å².